The van der Waals surface area contributed by atoms with E-state index in [0.29, 0.717) is 17.2 Å². The first-order valence-electron chi connectivity index (χ1n) is 5.38. The summed E-state index contributed by atoms with van der Waals surface area (Å²) in [5, 5.41) is 10.8. The second-order valence-corrected chi connectivity index (χ2v) is 7.82. The van der Waals surface area contributed by atoms with Crippen LogP contribution in [-0.4, -0.2) is 30.2 Å². The van der Waals surface area contributed by atoms with Crippen LogP contribution in [0, 0.1) is 0 Å². The number of hydrogen-bond donors (Lipinski definition) is 2. The van der Waals surface area contributed by atoms with Gasteiger partial charge in [0.25, 0.3) is 0 Å². The van der Waals surface area contributed by atoms with Crippen LogP contribution < -0.4 is 5.73 Å². The summed E-state index contributed by atoms with van der Waals surface area (Å²) in [5.74, 6) is 0. The highest BCUT2D eigenvalue weighted by atomic mass is 32.2. The third-order valence-corrected chi connectivity index (χ3v) is 5.53. The fraction of sp³-hybridized carbons (Fsp3) is 0.364. The Labute approximate surface area is 109 Å². The Morgan fingerprint density at radius 3 is 2.94 bits per heavy atom. The number of rotatable bonds is 1. The molecule has 0 spiro atoms. The topological polar surface area (TPSA) is 92.8 Å². The lowest BCUT2D eigenvalue weighted by Crippen LogP contribution is -2.27. The van der Waals surface area contributed by atoms with Crippen molar-refractivity contribution < 1.29 is 13.5 Å². The average Bonchev–Trinajstić information content (AvgIpc) is 2.65. The molecule has 1 aliphatic heterocycles. The first-order chi connectivity index (χ1) is 8.30. The quantitative estimate of drug-likeness (QED) is 0.769. The van der Waals surface area contributed by atoms with E-state index in [9.17, 15) is 13.5 Å². The number of benzene rings is 1. The molecule has 18 heavy (non-hydrogen) atoms. The molecule has 96 valence electrons. The molecular formula is C11H12N2O3S2. The zero-order valence-corrected chi connectivity index (χ0v) is 11.3. The summed E-state index contributed by atoms with van der Waals surface area (Å²) in [5.41, 5.74) is 5.74. The van der Waals surface area contributed by atoms with Gasteiger partial charge >= 0.3 is 0 Å². The molecule has 1 aromatic rings. The Morgan fingerprint density at radius 2 is 2.28 bits per heavy atom. The summed E-state index contributed by atoms with van der Waals surface area (Å²) in [4.78, 5) is 4.26. The van der Waals surface area contributed by atoms with E-state index in [-0.39, 0.29) is 10.1 Å². The van der Waals surface area contributed by atoms with Gasteiger partial charge in [-0.2, -0.15) is 0 Å². The molecule has 0 aromatic heterocycles. The maximum absolute atomic E-state index is 11.5. The maximum atomic E-state index is 11.5. The highest BCUT2D eigenvalue weighted by Crippen LogP contribution is 2.48. The van der Waals surface area contributed by atoms with E-state index >= 15 is 0 Å². The Balaban J connectivity index is 2.19. The first-order valence-corrected chi connectivity index (χ1v) is 8.15. The van der Waals surface area contributed by atoms with E-state index in [4.69, 9.17) is 5.73 Å². The van der Waals surface area contributed by atoms with Gasteiger partial charge in [0.15, 0.2) is 20.7 Å². The van der Waals surface area contributed by atoms with Gasteiger partial charge in [0.1, 0.15) is 0 Å². The third-order valence-electron chi connectivity index (χ3n) is 3.30. The van der Waals surface area contributed by atoms with Crippen LogP contribution in [0.4, 0.5) is 0 Å². The van der Waals surface area contributed by atoms with E-state index in [2.05, 4.69) is 4.99 Å². The van der Waals surface area contributed by atoms with Crippen molar-refractivity contribution >= 4 is 26.8 Å². The number of amidine groups is 1. The smallest absolute Gasteiger partial charge is 0.198 e. The van der Waals surface area contributed by atoms with Gasteiger partial charge in [0, 0.05) is 11.8 Å². The lowest BCUT2D eigenvalue weighted by molar-refractivity contribution is 0.0578. The van der Waals surface area contributed by atoms with E-state index in [1.807, 2.05) is 0 Å². The van der Waals surface area contributed by atoms with Crippen molar-refractivity contribution in [1.82, 2.24) is 0 Å². The summed E-state index contributed by atoms with van der Waals surface area (Å²) in [6.07, 6.45) is 1.79. The second kappa shape index (κ2) is 3.49. The molecule has 1 aliphatic carbocycles. The van der Waals surface area contributed by atoms with Crippen molar-refractivity contribution in [3.05, 3.63) is 29.3 Å². The molecular weight excluding hydrogens is 272 g/mol. The van der Waals surface area contributed by atoms with Crippen molar-refractivity contribution in [1.29, 1.82) is 0 Å². The number of fused-ring (bicyclic) bond motifs is 3. The number of aliphatic hydroxyl groups is 1. The van der Waals surface area contributed by atoms with Gasteiger partial charge in [-0.05, 0) is 24.1 Å². The fourth-order valence-corrected chi connectivity index (χ4v) is 4.16. The zero-order chi connectivity index (χ0) is 13.1. The molecule has 3 rings (SSSR count). The first kappa shape index (κ1) is 12.0. The Kier molecular flexibility index (Phi) is 2.33. The van der Waals surface area contributed by atoms with Crippen LogP contribution in [0.25, 0.3) is 0 Å². The highest BCUT2D eigenvalue weighted by Gasteiger charge is 2.50. The maximum Gasteiger partial charge on any atom is 0.198 e. The minimum atomic E-state index is -3.29. The van der Waals surface area contributed by atoms with E-state index < -0.39 is 15.6 Å². The molecule has 0 radical (unpaired) electrons. The minimum absolute atomic E-state index is 0.151. The average molecular weight is 284 g/mol. The van der Waals surface area contributed by atoms with Gasteiger partial charge < -0.3 is 10.8 Å². The van der Waals surface area contributed by atoms with E-state index in [1.54, 1.807) is 12.1 Å². The van der Waals surface area contributed by atoms with Crippen LogP contribution in [0.15, 0.2) is 28.1 Å². The van der Waals surface area contributed by atoms with Crippen LogP contribution in [-0.2, 0) is 22.0 Å². The molecule has 0 saturated carbocycles. The number of hydrogen-bond acceptors (Lipinski definition) is 6. The van der Waals surface area contributed by atoms with Crippen LogP contribution >= 0.6 is 11.8 Å². The molecule has 3 N–H and O–H groups in total. The molecule has 7 heteroatoms. The van der Waals surface area contributed by atoms with E-state index in [1.165, 1.54) is 17.8 Å². The summed E-state index contributed by atoms with van der Waals surface area (Å²) >= 11 is 1.33. The number of nitrogens with two attached hydrogens (primary N) is 1. The normalized spacial score (nSPS) is 29.9. The van der Waals surface area contributed by atoms with Crippen molar-refractivity contribution in [2.24, 2.45) is 10.7 Å². The molecule has 5 nitrogen and oxygen atoms in total. The number of thioether (sulfide) groups is 1. The molecule has 0 fully saturated rings. The summed E-state index contributed by atoms with van der Waals surface area (Å²) < 4.78 is 23.1. The largest absolute Gasteiger partial charge is 0.378 e. The summed E-state index contributed by atoms with van der Waals surface area (Å²) in [7, 11) is -3.29. The molecule has 1 heterocycles. The highest BCUT2D eigenvalue weighted by molar-refractivity contribution is 8.14. The lowest BCUT2D eigenvalue weighted by Gasteiger charge is -2.19. The fourth-order valence-electron chi connectivity index (χ4n) is 2.42. The Morgan fingerprint density at radius 1 is 1.56 bits per heavy atom. The SMILES string of the molecule is CS(=O)(=O)c1ccc2c(c1)C1(O)N=C(N)SC1C2. The van der Waals surface area contributed by atoms with Crippen molar-refractivity contribution in [3.8, 4) is 0 Å². The van der Waals surface area contributed by atoms with Crippen molar-refractivity contribution in [2.75, 3.05) is 6.26 Å². The molecule has 0 amide bonds. The number of aliphatic imine (C=N–C) groups is 1. The van der Waals surface area contributed by atoms with Crippen molar-refractivity contribution in [3.63, 3.8) is 0 Å². The van der Waals surface area contributed by atoms with Crippen LogP contribution in [0.5, 0.6) is 0 Å². The van der Waals surface area contributed by atoms with Crippen LogP contribution in [0.1, 0.15) is 11.1 Å². The molecule has 0 saturated heterocycles. The lowest BCUT2D eigenvalue weighted by atomic mass is 10.1. The van der Waals surface area contributed by atoms with Gasteiger partial charge in [-0.1, -0.05) is 17.8 Å². The van der Waals surface area contributed by atoms with Gasteiger partial charge in [-0.3, -0.25) is 0 Å². The molecule has 1 aromatic carbocycles. The van der Waals surface area contributed by atoms with Crippen molar-refractivity contribution in [2.45, 2.75) is 22.3 Å². The van der Waals surface area contributed by atoms with Gasteiger partial charge in [0.2, 0.25) is 0 Å². The molecule has 0 bridgehead atoms. The Hall–Kier alpha value is -1.05. The third kappa shape index (κ3) is 1.58. The van der Waals surface area contributed by atoms with Crippen LogP contribution in [0.2, 0.25) is 0 Å². The summed E-state index contributed by atoms with van der Waals surface area (Å²) in [6, 6.07) is 4.82. The second-order valence-electron chi connectivity index (χ2n) is 4.58. The molecule has 2 unspecified atom stereocenters. The van der Waals surface area contributed by atoms with E-state index in [0.717, 1.165) is 11.8 Å². The monoisotopic (exact) mass is 284 g/mol. The zero-order valence-electron chi connectivity index (χ0n) is 9.62. The molecule has 2 aliphatic rings. The molecule has 2 atom stereocenters. The minimum Gasteiger partial charge on any atom is -0.378 e. The predicted molar refractivity (Wildman–Crippen MR) is 70.2 cm³/mol. The number of sulfone groups is 1. The summed E-state index contributed by atoms with van der Waals surface area (Å²) in [6.45, 7) is 0. The standard InChI is InChI=1S/C11H12N2O3S2/c1-18(15,16)7-3-2-6-4-9-11(14,8(6)5-7)13-10(12)17-9/h2-3,5,9,14H,4H2,1H3,(H2,12,13). The Bertz CT molecular complexity index is 669. The van der Waals surface area contributed by atoms with Gasteiger partial charge in [-0.15, -0.1) is 0 Å². The van der Waals surface area contributed by atoms with Gasteiger partial charge in [0.05, 0.1) is 10.1 Å². The van der Waals surface area contributed by atoms with Crippen LogP contribution in [0.3, 0.4) is 0 Å². The van der Waals surface area contributed by atoms with Gasteiger partial charge in [-0.25, -0.2) is 13.4 Å². The predicted octanol–water partition coefficient (Wildman–Crippen LogP) is 0.221. The number of nitrogens with zero attached hydrogens (tertiary/aromatic N) is 1.